The van der Waals surface area contributed by atoms with Crippen molar-refractivity contribution in [1.29, 1.82) is 0 Å². The molecule has 5 aromatic carbocycles. The maximum absolute atomic E-state index is 11.0. The van der Waals surface area contributed by atoms with Crippen LogP contribution in [0.1, 0.15) is 25.7 Å². The third kappa shape index (κ3) is 7.34. The highest BCUT2D eigenvalue weighted by atomic mass is 32.2. The summed E-state index contributed by atoms with van der Waals surface area (Å²) in [6, 6.07) is 34.5. The number of likely N-dealkylation sites (tertiary alicyclic amines) is 1. The monoisotopic (exact) mass is 681 g/mol. The number of para-hydroxylation sites is 1. The first-order valence-corrected chi connectivity index (χ1v) is 18.3. The smallest absolute Gasteiger partial charge is 0.381 e. The van der Waals surface area contributed by atoms with Crippen LogP contribution in [0.15, 0.2) is 136 Å². The Morgan fingerprint density at radius 3 is 1.83 bits per heavy atom. The number of piperidine rings is 1. The van der Waals surface area contributed by atoms with Gasteiger partial charge in [0.05, 0.1) is 15.9 Å². The highest BCUT2D eigenvalue weighted by Crippen LogP contribution is 2.28. The average Bonchev–Trinajstić information content (AvgIpc) is 3.45. The van der Waals surface area contributed by atoms with E-state index in [-0.39, 0.29) is 10.8 Å². The minimum Gasteiger partial charge on any atom is -0.744 e. The molecule has 2 heterocycles. The van der Waals surface area contributed by atoms with Crippen molar-refractivity contribution in [2.24, 2.45) is 5.92 Å². The first kappa shape index (κ1) is 33.1. The summed E-state index contributed by atoms with van der Waals surface area (Å²) in [7, 11) is -9.48. The number of fused-ring (bicyclic) bond motifs is 2. The van der Waals surface area contributed by atoms with Crippen LogP contribution in [0.5, 0.6) is 0 Å². The van der Waals surface area contributed by atoms with Gasteiger partial charge in [0, 0.05) is 48.3 Å². The van der Waals surface area contributed by atoms with E-state index in [1.807, 2.05) is 12.1 Å². The molecule has 1 saturated heterocycles. The molecule has 9 nitrogen and oxygen atoms in total. The van der Waals surface area contributed by atoms with E-state index in [1.165, 1.54) is 48.2 Å². The number of benzene rings is 5. The van der Waals surface area contributed by atoms with Gasteiger partial charge in [-0.3, -0.25) is 0 Å². The second-order valence-electron chi connectivity index (χ2n) is 11.7. The Labute approximate surface area is 279 Å². The molecule has 0 unspecified atom stereocenters. The van der Waals surface area contributed by atoms with Crippen LogP contribution in [0.4, 0.5) is 0 Å². The van der Waals surface area contributed by atoms with Crippen molar-refractivity contribution in [3.8, 4) is 16.8 Å². The Morgan fingerprint density at radius 1 is 0.708 bits per heavy atom. The van der Waals surface area contributed by atoms with Crippen molar-refractivity contribution in [2.45, 2.75) is 29.6 Å². The largest absolute Gasteiger partial charge is 0.744 e. The molecule has 1 aromatic heterocycles. The van der Waals surface area contributed by atoms with Crippen molar-refractivity contribution in [2.75, 3.05) is 13.1 Å². The van der Waals surface area contributed by atoms with E-state index in [1.54, 1.807) is 0 Å². The van der Waals surface area contributed by atoms with Gasteiger partial charge in [0.2, 0.25) is 11.3 Å². The molecule has 1 aliphatic heterocycles. The molecule has 0 spiro atoms. The zero-order valence-corrected chi connectivity index (χ0v) is 27.7. The number of hydrogen-bond donors (Lipinski definition) is 0. The summed E-state index contributed by atoms with van der Waals surface area (Å²) in [5.74, 6) is 1.67. The van der Waals surface area contributed by atoms with E-state index >= 15 is 0 Å². The van der Waals surface area contributed by atoms with Crippen molar-refractivity contribution >= 4 is 48.2 Å². The Hall–Kier alpha value is -4.81. The second-order valence-corrected chi connectivity index (χ2v) is 14.4. The fraction of sp³-hybridized carbons (Fsp3) is 0.162. The highest BCUT2D eigenvalue weighted by Gasteiger charge is 2.24. The fourth-order valence-electron chi connectivity index (χ4n) is 5.85. The SMILES string of the molecule is CC1CCN(C=Cc2oc3ccc(-c4ccccc4)cc3[n+]2-c2ccccc2)CC1.O=S(=O)([O-])c1cccc2c(S(=O)(=O)[O-])cccc12. The first-order chi connectivity index (χ1) is 23.0. The quantitative estimate of drug-likeness (QED) is 0.140. The van der Waals surface area contributed by atoms with Gasteiger partial charge in [-0.15, -0.1) is 4.57 Å². The minimum absolute atomic E-state index is 0.0792. The Bertz CT molecular complexity index is 2240. The zero-order valence-electron chi connectivity index (χ0n) is 26.1. The van der Waals surface area contributed by atoms with Crippen LogP contribution in [-0.4, -0.2) is 43.9 Å². The number of rotatable bonds is 6. The molecule has 11 heteroatoms. The summed E-state index contributed by atoms with van der Waals surface area (Å²) in [6.07, 6.45) is 6.82. The number of oxazole rings is 1. The van der Waals surface area contributed by atoms with Crippen molar-refractivity contribution in [3.63, 3.8) is 0 Å². The van der Waals surface area contributed by atoms with E-state index in [9.17, 15) is 25.9 Å². The molecule has 0 N–H and O–H groups in total. The Morgan fingerprint density at radius 2 is 1.27 bits per heavy atom. The molecule has 0 amide bonds. The predicted molar refractivity (Wildman–Crippen MR) is 182 cm³/mol. The fourth-order valence-corrected chi connectivity index (χ4v) is 7.24. The maximum atomic E-state index is 11.0. The van der Waals surface area contributed by atoms with Gasteiger partial charge in [-0.25, -0.2) is 16.8 Å². The van der Waals surface area contributed by atoms with Crippen LogP contribution < -0.4 is 4.57 Å². The van der Waals surface area contributed by atoms with E-state index in [2.05, 4.69) is 95.4 Å². The van der Waals surface area contributed by atoms with E-state index in [0.29, 0.717) is 0 Å². The number of aromatic nitrogens is 1. The normalized spacial score (nSPS) is 14.4. The van der Waals surface area contributed by atoms with Crippen molar-refractivity contribution in [3.05, 3.63) is 127 Å². The molecule has 0 radical (unpaired) electrons. The standard InChI is InChI=1S/C27H27N2O.C10H8O6S2/c1-21-14-17-28(18-15-21)19-16-27-29(24-10-6-3-7-11-24)25-20-23(12-13-26(25)30-27)22-8-4-2-5-9-22;11-17(12,13)9-5-1-3-7-8(9)4-2-6-10(7)18(14,15)16/h2-13,16,19-21H,14-15,17-18H2,1H3;1-6H,(H,11,12,13)(H,14,15,16)/q+1;/p-2. The van der Waals surface area contributed by atoms with Gasteiger partial charge in [0.25, 0.3) is 5.52 Å². The topological polar surface area (TPSA) is 135 Å². The first-order valence-electron chi connectivity index (χ1n) is 15.4. The average molecular weight is 682 g/mol. The summed E-state index contributed by atoms with van der Waals surface area (Å²) < 4.78 is 74.7. The van der Waals surface area contributed by atoms with Crippen LogP contribution in [0, 0.1) is 5.92 Å². The molecular weight excluding hydrogens is 649 g/mol. The lowest BCUT2D eigenvalue weighted by Gasteiger charge is -2.28. The molecule has 0 saturated carbocycles. The summed E-state index contributed by atoms with van der Waals surface area (Å²) in [6.45, 7) is 4.57. The lowest BCUT2D eigenvalue weighted by molar-refractivity contribution is -0.575. The molecule has 6 aromatic rings. The molecule has 0 atom stereocenters. The zero-order chi connectivity index (χ0) is 33.9. The van der Waals surface area contributed by atoms with E-state index in [0.717, 1.165) is 53.8 Å². The number of nitrogens with zero attached hydrogens (tertiary/aromatic N) is 2. The van der Waals surface area contributed by atoms with Crippen LogP contribution in [0.2, 0.25) is 0 Å². The highest BCUT2D eigenvalue weighted by molar-refractivity contribution is 7.86. The maximum Gasteiger partial charge on any atom is 0.381 e. The number of hydrogen-bond acceptors (Lipinski definition) is 8. The van der Waals surface area contributed by atoms with Crippen molar-refractivity contribution < 1.29 is 34.9 Å². The van der Waals surface area contributed by atoms with Crippen LogP contribution in [-0.2, 0) is 20.2 Å². The molecule has 1 aliphatic rings. The van der Waals surface area contributed by atoms with Gasteiger partial charge in [-0.1, -0.05) is 85.8 Å². The Kier molecular flexibility index (Phi) is 9.47. The van der Waals surface area contributed by atoms with Gasteiger partial charge in [0.15, 0.2) is 0 Å². The predicted octanol–water partition coefficient (Wildman–Crippen LogP) is 6.73. The molecular formula is C37H33N2O7S2-. The molecule has 0 aliphatic carbocycles. The molecule has 246 valence electrons. The summed E-state index contributed by atoms with van der Waals surface area (Å²) in [4.78, 5) is 1.30. The molecule has 1 fully saturated rings. The lowest BCUT2D eigenvalue weighted by atomic mass is 10.00. The van der Waals surface area contributed by atoms with E-state index < -0.39 is 30.0 Å². The Balaban J connectivity index is 0.000000191. The molecule has 0 bridgehead atoms. The third-order valence-electron chi connectivity index (χ3n) is 8.38. The van der Waals surface area contributed by atoms with Gasteiger partial charge in [-0.2, -0.15) is 0 Å². The minimum atomic E-state index is -4.74. The summed E-state index contributed by atoms with van der Waals surface area (Å²) in [5, 5.41) is -0.158. The van der Waals surface area contributed by atoms with Gasteiger partial charge in [-0.05, 0) is 48.1 Å². The summed E-state index contributed by atoms with van der Waals surface area (Å²) in [5.41, 5.74) is 5.47. The van der Waals surface area contributed by atoms with E-state index in [4.69, 9.17) is 4.42 Å². The van der Waals surface area contributed by atoms with Gasteiger partial charge >= 0.3 is 5.89 Å². The molecule has 48 heavy (non-hydrogen) atoms. The van der Waals surface area contributed by atoms with Crippen LogP contribution >= 0.6 is 0 Å². The second kappa shape index (κ2) is 13.7. The van der Waals surface area contributed by atoms with Crippen LogP contribution in [0.25, 0.3) is 44.8 Å². The van der Waals surface area contributed by atoms with Crippen LogP contribution in [0.3, 0.4) is 0 Å². The lowest BCUT2D eigenvalue weighted by Crippen LogP contribution is -2.32. The van der Waals surface area contributed by atoms with Gasteiger partial charge < -0.3 is 18.4 Å². The third-order valence-corrected chi connectivity index (χ3v) is 10.2. The van der Waals surface area contributed by atoms with Gasteiger partial charge in [0.1, 0.15) is 20.2 Å². The molecule has 7 rings (SSSR count). The summed E-state index contributed by atoms with van der Waals surface area (Å²) >= 11 is 0. The van der Waals surface area contributed by atoms with Crippen molar-refractivity contribution in [1.82, 2.24) is 4.90 Å².